The molecule has 0 saturated heterocycles. The number of hydrogen-bond donors (Lipinski definition) is 1. The minimum atomic E-state index is -1.67. The Morgan fingerprint density at radius 3 is 2.26 bits per heavy atom. The second-order valence-electron chi connectivity index (χ2n) is 4.79. The highest BCUT2D eigenvalue weighted by Gasteiger charge is 2.28. The first-order valence-electron chi connectivity index (χ1n) is 6.73. The van der Waals surface area contributed by atoms with Crippen molar-refractivity contribution in [2.45, 2.75) is 6.54 Å². The number of rotatable bonds is 5. The Labute approximate surface area is 131 Å². The topological polar surface area (TPSA) is 70.0 Å². The van der Waals surface area contributed by atoms with Crippen LogP contribution in [0.2, 0.25) is 0 Å². The van der Waals surface area contributed by atoms with Crippen LogP contribution in [0.15, 0.2) is 48.5 Å². The van der Waals surface area contributed by atoms with E-state index in [2.05, 4.69) is 5.32 Å². The van der Waals surface area contributed by atoms with E-state index in [9.17, 15) is 18.4 Å². The predicted octanol–water partition coefficient (Wildman–Crippen LogP) is 2.60. The van der Waals surface area contributed by atoms with Crippen LogP contribution in [0.1, 0.15) is 15.9 Å². The maximum absolute atomic E-state index is 13.2. The van der Waals surface area contributed by atoms with E-state index in [1.165, 1.54) is 0 Å². The Balaban J connectivity index is 2.10. The molecule has 1 atom stereocenters. The molecular formula is C17H12F2N2O2. The van der Waals surface area contributed by atoms with Gasteiger partial charge in [0.2, 0.25) is 5.91 Å². The lowest BCUT2D eigenvalue weighted by Crippen LogP contribution is -2.34. The summed E-state index contributed by atoms with van der Waals surface area (Å²) < 4.78 is 26.3. The van der Waals surface area contributed by atoms with Crippen LogP contribution in [0, 0.1) is 28.9 Å². The van der Waals surface area contributed by atoms with Crippen LogP contribution in [0.4, 0.5) is 8.78 Å². The Kier molecular flexibility index (Phi) is 5.15. The van der Waals surface area contributed by atoms with E-state index in [0.717, 1.165) is 17.7 Å². The van der Waals surface area contributed by atoms with Crippen molar-refractivity contribution in [1.29, 1.82) is 5.26 Å². The summed E-state index contributed by atoms with van der Waals surface area (Å²) in [5.74, 6) is -5.33. The molecule has 1 unspecified atom stereocenters. The minimum Gasteiger partial charge on any atom is -0.350 e. The summed E-state index contributed by atoms with van der Waals surface area (Å²) in [4.78, 5) is 24.1. The van der Waals surface area contributed by atoms with E-state index in [-0.39, 0.29) is 12.1 Å². The van der Waals surface area contributed by atoms with E-state index in [4.69, 9.17) is 5.26 Å². The van der Waals surface area contributed by atoms with Crippen molar-refractivity contribution in [3.8, 4) is 6.07 Å². The average Bonchev–Trinajstić information content (AvgIpc) is 2.53. The van der Waals surface area contributed by atoms with Crippen LogP contribution in [-0.4, -0.2) is 11.7 Å². The molecule has 1 amide bonds. The molecular weight excluding hydrogens is 302 g/mol. The van der Waals surface area contributed by atoms with Gasteiger partial charge in [-0.15, -0.1) is 0 Å². The first kappa shape index (κ1) is 16.3. The van der Waals surface area contributed by atoms with Crippen LogP contribution in [0.25, 0.3) is 0 Å². The summed E-state index contributed by atoms with van der Waals surface area (Å²) >= 11 is 0. The van der Waals surface area contributed by atoms with E-state index in [1.54, 1.807) is 30.3 Å². The zero-order chi connectivity index (χ0) is 16.8. The normalized spacial score (nSPS) is 11.3. The maximum atomic E-state index is 13.2. The second-order valence-corrected chi connectivity index (χ2v) is 4.79. The van der Waals surface area contributed by atoms with Crippen molar-refractivity contribution in [3.05, 3.63) is 71.3 Å². The molecule has 0 aliphatic rings. The molecule has 0 aromatic heterocycles. The van der Waals surface area contributed by atoms with Crippen LogP contribution < -0.4 is 5.32 Å². The summed E-state index contributed by atoms with van der Waals surface area (Å²) in [5, 5.41) is 11.5. The van der Waals surface area contributed by atoms with E-state index in [0.29, 0.717) is 6.07 Å². The molecule has 2 aromatic rings. The number of nitrogens with one attached hydrogen (secondary N) is 1. The SMILES string of the molecule is N#CC(C(=O)NCc1ccccc1)C(=O)c1cc(F)cc(F)c1. The molecule has 0 bridgehead atoms. The van der Waals surface area contributed by atoms with Gasteiger partial charge >= 0.3 is 0 Å². The van der Waals surface area contributed by atoms with Crippen molar-refractivity contribution in [1.82, 2.24) is 5.32 Å². The number of nitriles is 1. The Morgan fingerprint density at radius 1 is 1.09 bits per heavy atom. The molecule has 0 aliphatic carbocycles. The molecule has 4 nitrogen and oxygen atoms in total. The number of Topliss-reactive ketones (excluding diaryl/α,β-unsaturated/α-hetero) is 1. The number of hydrogen-bond acceptors (Lipinski definition) is 3. The predicted molar refractivity (Wildman–Crippen MR) is 78.1 cm³/mol. The molecule has 6 heteroatoms. The molecule has 0 heterocycles. The van der Waals surface area contributed by atoms with Crippen molar-refractivity contribution < 1.29 is 18.4 Å². The summed E-state index contributed by atoms with van der Waals surface area (Å²) in [6.45, 7) is 0.142. The van der Waals surface area contributed by atoms with Gasteiger partial charge in [-0.1, -0.05) is 30.3 Å². The van der Waals surface area contributed by atoms with E-state index < -0.39 is 29.2 Å². The number of carbonyl (C=O) groups is 2. The summed E-state index contributed by atoms with van der Waals surface area (Å²) in [6.07, 6.45) is 0. The first-order valence-corrected chi connectivity index (χ1v) is 6.73. The fraction of sp³-hybridized carbons (Fsp3) is 0.118. The highest BCUT2D eigenvalue weighted by molar-refractivity contribution is 6.12. The third kappa shape index (κ3) is 4.20. The van der Waals surface area contributed by atoms with Crippen molar-refractivity contribution in [2.75, 3.05) is 0 Å². The number of benzene rings is 2. The molecule has 0 aliphatic heterocycles. The molecule has 23 heavy (non-hydrogen) atoms. The highest BCUT2D eigenvalue weighted by atomic mass is 19.1. The van der Waals surface area contributed by atoms with Crippen molar-refractivity contribution >= 4 is 11.7 Å². The molecule has 2 rings (SSSR count). The molecule has 0 spiro atoms. The van der Waals surface area contributed by atoms with Gasteiger partial charge in [-0.05, 0) is 17.7 Å². The van der Waals surface area contributed by atoms with Gasteiger partial charge in [0, 0.05) is 18.2 Å². The lowest BCUT2D eigenvalue weighted by atomic mass is 9.97. The maximum Gasteiger partial charge on any atom is 0.245 e. The standard InChI is InChI=1S/C17H12F2N2O2/c18-13-6-12(7-14(19)8-13)16(22)15(9-20)17(23)21-10-11-4-2-1-3-5-11/h1-8,15H,10H2,(H,21,23). The average molecular weight is 314 g/mol. The molecule has 1 N–H and O–H groups in total. The van der Waals surface area contributed by atoms with Gasteiger partial charge in [0.05, 0.1) is 6.07 Å². The van der Waals surface area contributed by atoms with Gasteiger partial charge in [-0.3, -0.25) is 9.59 Å². The Bertz CT molecular complexity index is 750. The third-order valence-corrected chi connectivity index (χ3v) is 3.11. The summed E-state index contributed by atoms with van der Waals surface area (Å²) in [7, 11) is 0. The van der Waals surface area contributed by atoms with Gasteiger partial charge < -0.3 is 5.32 Å². The number of nitrogens with zero attached hydrogens (tertiary/aromatic N) is 1. The first-order chi connectivity index (χ1) is 11.0. The van der Waals surface area contributed by atoms with Gasteiger partial charge in [-0.25, -0.2) is 8.78 Å². The van der Waals surface area contributed by atoms with Crippen molar-refractivity contribution in [3.63, 3.8) is 0 Å². The van der Waals surface area contributed by atoms with Crippen LogP contribution >= 0.6 is 0 Å². The van der Waals surface area contributed by atoms with E-state index >= 15 is 0 Å². The van der Waals surface area contributed by atoms with Crippen LogP contribution in [0.3, 0.4) is 0 Å². The smallest absolute Gasteiger partial charge is 0.245 e. The van der Waals surface area contributed by atoms with Crippen molar-refractivity contribution in [2.24, 2.45) is 5.92 Å². The molecule has 116 valence electrons. The van der Waals surface area contributed by atoms with Gasteiger partial charge in [-0.2, -0.15) is 5.26 Å². The monoisotopic (exact) mass is 314 g/mol. The lowest BCUT2D eigenvalue weighted by molar-refractivity contribution is -0.122. The largest absolute Gasteiger partial charge is 0.350 e. The van der Waals surface area contributed by atoms with E-state index in [1.807, 2.05) is 6.07 Å². The van der Waals surface area contributed by atoms with Crippen LogP contribution in [0.5, 0.6) is 0 Å². The van der Waals surface area contributed by atoms with Gasteiger partial charge in [0.1, 0.15) is 11.6 Å². The number of carbonyl (C=O) groups excluding carboxylic acids is 2. The molecule has 0 saturated carbocycles. The Hall–Kier alpha value is -3.07. The third-order valence-electron chi connectivity index (χ3n) is 3.11. The number of amides is 1. The highest BCUT2D eigenvalue weighted by Crippen LogP contribution is 2.13. The fourth-order valence-corrected chi connectivity index (χ4v) is 1.99. The zero-order valence-corrected chi connectivity index (χ0v) is 11.9. The van der Waals surface area contributed by atoms with Gasteiger partial charge in [0.15, 0.2) is 11.7 Å². The number of halogens is 2. The second kappa shape index (κ2) is 7.27. The quantitative estimate of drug-likeness (QED) is 0.681. The minimum absolute atomic E-state index is 0.142. The molecule has 0 fully saturated rings. The summed E-state index contributed by atoms with van der Waals surface area (Å²) in [5.41, 5.74) is 0.436. The Morgan fingerprint density at radius 2 is 1.70 bits per heavy atom. The molecule has 0 radical (unpaired) electrons. The van der Waals surface area contributed by atoms with Gasteiger partial charge in [0.25, 0.3) is 0 Å². The number of ketones is 1. The molecule has 2 aromatic carbocycles. The van der Waals surface area contributed by atoms with Crippen LogP contribution in [-0.2, 0) is 11.3 Å². The fourth-order valence-electron chi connectivity index (χ4n) is 1.99. The summed E-state index contributed by atoms with van der Waals surface area (Å²) in [6, 6.07) is 12.7. The zero-order valence-electron chi connectivity index (χ0n) is 11.9. The lowest BCUT2D eigenvalue weighted by Gasteiger charge is -2.10.